The maximum absolute atomic E-state index is 11.3. The van der Waals surface area contributed by atoms with E-state index in [1.165, 1.54) is 0 Å². The highest BCUT2D eigenvalue weighted by Gasteiger charge is 2.07. The highest BCUT2D eigenvalue weighted by molar-refractivity contribution is 5.83. The predicted molar refractivity (Wildman–Crippen MR) is 53.5 cm³/mol. The molecule has 0 bridgehead atoms. The minimum atomic E-state index is 0.568. The van der Waals surface area contributed by atoms with Crippen LogP contribution in [0.25, 0.3) is 0 Å². The summed E-state index contributed by atoms with van der Waals surface area (Å²) in [5.41, 5.74) is 2.94. The van der Waals surface area contributed by atoms with Crippen LogP contribution in [0.4, 0.5) is 0 Å². The number of oxime groups is 1. The highest BCUT2D eigenvalue weighted by Crippen LogP contribution is 2.04. The summed E-state index contributed by atoms with van der Waals surface area (Å²) in [6, 6.07) is 3.60. The van der Waals surface area contributed by atoms with Crippen LogP contribution in [-0.2, 0) is 6.42 Å². The Labute approximate surface area is 83.1 Å². The van der Waals surface area contributed by atoms with E-state index >= 15 is 0 Å². The molecular weight excluding hydrogens is 180 g/mol. The molecule has 0 saturated heterocycles. The quantitative estimate of drug-likeness (QED) is 0.254. The molecule has 0 aliphatic heterocycles. The summed E-state index contributed by atoms with van der Waals surface area (Å²) in [4.78, 5) is 0. The van der Waals surface area contributed by atoms with Crippen molar-refractivity contribution in [1.82, 2.24) is 0 Å². The lowest BCUT2D eigenvalue weighted by Gasteiger charge is -2.06. The van der Waals surface area contributed by atoms with E-state index in [9.17, 15) is 5.21 Å². The molecule has 1 heterocycles. The molecule has 0 atom stereocenters. The molecule has 1 rings (SSSR count). The van der Waals surface area contributed by atoms with Crippen LogP contribution < -0.4 is 4.73 Å². The molecule has 1 aromatic heterocycles. The second-order valence-electron chi connectivity index (χ2n) is 3.45. The second-order valence-corrected chi connectivity index (χ2v) is 3.45. The number of aromatic nitrogens is 1. The Morgan fingerprint density at radius 3 is 2.36 bits per heavy atom. The molecule has 0 saturated carbocycles. The van der Waals surface area contributed by atoms with Gasteiger partial charge in [-0.1, -0.05) is 5.16 Å². The summed E-state index contributed by atoms with van der Waals surface area (Å²) >= 11 is 0. The van der Waals surface area contributed by atoms with Crippen molar-refractivity contribution in [1.29, 1.82) is 0 Å². The van der Waals surface area contributed by atoms with Crippen molar-refractivity contribution in [2.45, 2.75) is 27.2 Å². The monoisotopic (exact) mass is 194 g/mol. The molecule has 0 amide bonds. The summed E-state index contributed by atoms with van der Waals surface area (Å²) in [7, 11) is 0. The van der Waals surface area contributed by atoms with Gasteiger partial charge in [-0.05, 0) is 12.5 Å². The standard InChI is InChI=1S/C10H14N2O2/c1-7(11-13)4-10-5-8(2)12(14)9(3)6-10/h5-6,13H,4H2,1-3H3/b11-7-. The number of nitrogens with zero attached hydrogens (tertiary/aromatic N) is 2. The topological polar surface area (TPSA) is 59.5 Å². The van der Waals surface area contributed by atoms with Crippen molar-refractivity contribution < 1.29 is 9.94 Å². The van der Waals surface area contributed by atoms with E-state index in [0.29, 0.717) is 23.5 Å². The first-order chi connectivity index (χ1) is 6.54. The third kappa shape index (κ3) is 2.22. The zero-order valence-electron chi connectivity index (χ0n) is 8.61. The first-order valence-corrected chi connectivity index (χ1v) is 4.42. The van der Waals surface area contributed by atoms with Gasteiger partial charge in [0.2, 0.25) is 0 Å². The molecule has 14 heavy (non-hydrogen) atoms. The maximum atomic E-state index is 11.3. The molecule has 76 valence electrons. The molecule has 0 aliphatic carbocycles. The largest absolute Gasteiger partial charge is 0.618 e. The Balaban J connectivity index is 3.01. The lowest BCUT2D eigenvalue weighted by atomic mass is 10.1. The molecule has 0 radical (unpaired) electrons. The van der Waals surface area contributed by atoms with E-state index in [1.807, 2.05) is 0 Å². The van der Waals surface area contributed by atoms with E-state index in [1.54, 1.807) is 32.9 Å². The molecule has 0 unspecified atom stereocenters. The fraction of sp³-hybridized carbons (Fsp3) is 0.400. The normalized spacial score (nSPS) is 11.8. The second kappa shape index (κ2) is 4.09. The van der Waals surface area contributed by atoms with Gasteiger partial charge in [-0.15, -0.1) is 0 Å². The fourth-order valence-electron chi connectivity index (χ4n) is 1.41. The van der Waals surface area contributed by atoms with Crippen LogP contribution in [-0.4, -0.2) is 10.9 Å². The van der Waals surface area contributed by atoms with Crippen LogP contribution in [0.1, 0.15) is 23.9 Å². The van der Waals surface area contributed by atoms with Gasteiger partial charge < -0.3 is 10.4 Å². The van der Waals surface area contributed by atoms with Crippen LogP contribution in [0.3, 0.4) is 0 Å². The van der Waals surface area contributed by atoms with Gasteiger partial charge in [0.25, 0.3) is 0 Å². The minimum absolute atomic E-state index is 0.568. The van der Waals surface area contributed by atoms with E-state index in [0.717, 1.165) is 10.3 Å². The lowest BCUT2D eigenvalue weighted by Crippen LogP contribution is -2.33. The van der Waals surface area contributed by atoms with E-state index < -0.39 is 0 Å². The Morgan fingerprint density at radius 2 is 1.93 bits per heavy atom. The molecule has 4 heteroatoms. The number of rotatable bonds is 2. The van der Waals surface area contributed by atoms with E-state index in [-0.39, 0.29) is 0 Å². The maximum Gasteiger partial charge on any atom is 0.190 e. The predicted octanol–water partition coefficient (Wildman–Crippen LogP) is 1.33. The molecular formula is C10H14N2O2. The molecule has 1 aromatic rings. The average molecular weight is 194 g/mol. The molecule has 0 aliphatic rings. The van der Waals surface area contributed by atoms with Crippen LogP contribution >= 0.6 is 0 Å². The Kier molecular flexibility index (Phi) is 3.06. The smallest absolute Gasteiger partial charge is 0.190 e. The summed E-state index contributed by atoms with van der Waals surface area (Å²) in [5.74, 6) is 0. The highest BCUT2D eigenvalue weighted by atomic mass is 16.5. The third-order valence-electron chi connectivity index (χ3n) is 2.06. The third-order valence-corrected chi connectivity index (χ3v) is 2.06. The van der Waals surface area contributed by atoms with Crippen molar-refractivity contribution in [3.8, 4) is 0 Å². The SMILES string of the molecule is C/C(Cc1cc(C)[n+]([O-])c(C)c1)=N/O. The van der Waals surface area contributed by atoms with Crippen LogP contribution in [0.15, 0.2) is 17.3 Å². The van der Waals surface area contributed by atoms with Gasteiger partial charge in [0.15, 0.2) is 11.4 Å². The van der Waals surface area contributed by atoms with Gasteiger partial charge in [0.05, 0.1) is 5.71 Å². The van der Waals surface area contributed by atoms with Gasteiger partial charge in [-0.2, -0.15) is 4.73 Å². The Morgan fingerprint density at radius 1 is 1.43 bits per heavy atom. The van der Waals surface area contributed by atoms with Gasteiger partial charge in [-0.25, -0.2) is 0 Å². The van der Waals surface area contributed by atoms with Crippen molar-refractivity contribution in [3.05, 3.63) is 34.3 Å². The summed E-state index contributed by atoms with van der Waals surface area (Å²) in [5, 5.41) is 22.9. The van der Waals surface area contributed by atoms with Gasteiger partial charge in [0, 0.05) is 32.4 Å². The van der Waals surface area contributed by atoms with Crippen LogP contribution in [0.2, 0.25) is 0 Å². The first-order valence-electron chi connectivity index (χ1n) is 4.42. The molecule has 0 fully saturated rings. The first kappa shape index (κ1) is 10.5. The Bertz CT molecular complexity index is 349. The number of pyridine rings is 1. The zero-order chi connectivity index (χ0) is 10.7. The minimum Gasteiger partial charge on any atom is -0.618 e. The average Bonchev–Trinajstić information content (AvgIpc) is 2.14. The van der Waals surface area contributed by atoms with Gasteiger partial charge >= 0.3 is 0 Å². The zero-order valence-corrected chi connectivity index (χ0v) is 8.61. The van der Waals surface area contributed by atoms with E-state index in [4.69, 9.17) is 5.21 Å². The number of hydrogen-bond acceptors (Lipinski definition) is 3. The lowest BCUT2D eigenvalue weighted by molar-refractivity contribution is -0.619. The summed E-state index contributed by atoms with van der Waals surface area (Å²) < 4.78 is 0.884. The van der Waals surface area contributed by atoms with E-state index in [2.05, 4.69) is 5.16 Å². The number of hydrogen-bond donors (Lipinski definition) is 1. The molecule has 0 aromatic carbocycles. The Hall–Kier alpha value is -1.58. The van der Waals surface area contributed by atoms with Crippen molar-refractivity contribution in [3.63, 3.8) is 0 Å². The van der Waals surface area contributed by atoms with Crippen LogP contribution in [0.5, 0.6) is 0 Å². The number of aryl methyl sites for hydroxylation is 2. The van der Waals surface area contributed by atoms with Crippen LogP contribution in [0, 0.1) is 19.1 Å². The summed E-state index contributed by atoms with van der Waals surface area (Å²) in [6.07, 6.45) is 0.568. The van der Waals surface area contributed by atoms with Crippen molar-refractivity contribution in [2.24, 2.45) is 5.16 Å². The molecule has 0 spiro atoms. The van der Waals surface area contributed by atoms with Gasteiger partial charge in [-0.3, -0.25) is 0 Å². The fourth-order valence-corrected chi connectivity index (χ4v) is 1.41. The molecule has 4 nitrogen and oxygen atoms in total. The van der Waals surface area contributed by atoms with Crippen molar-refractivity contribution in [2.75, 3.05) is 0 Å². The molecule has 1 N–H and O–H groups in total. The van der Waals surface area contributed by atoms with Gasteiger partial charge in [0.1, 0.15) is 0 Å². The van der Waals surface area contributed by atoms with Crippen molar-refractivity contribution >= 4 is 5.71 Å². The summed E-state index contributed by atoms with van der Waals surface area (Å²) in [6.45, 7) is 5.26.